The van der Waals surface area contributed by atoms with Crippen LogP contribution in [-0.2, 0) is 12.0 Å². The summed E-state index contributed by atoms with van der Waals surface area (Å²) in [6.45, 7) is 1.87. The summed E-state index contributed by atoms with van der Waals surface area (Å²) in [6.07, 6.45) is 0.593. The van der Waals surface area contributed by atoms with Crippen molar-refractivity contribution in [1.29, 1.82) is 0 Å². The first-order chi connectivity index (χ1) is 10.1. The molecule has 0 aromatic heterocycles. The summed E-state index contributed by atoms with van der Waals surface area (Å²) in [4.78, 5) is 0. The lowest BCUT2D eigenvalue weighted by molar-refractivity contribution is 0.0579. The quantitative estimate of drug-likeness (QED) is 0.707. The van der Waals surface area contributed by atoms with Gasteiger partial charge in [-0.1, -0.05) is 70.5 Å². The van der Waals surface area contributed by atoms with E-state index in [9.17, 15) is 5.11 Å². The Morgan fingerprint density at radius 2 is 1.57 bits per heavy atom. The Hall–Kier alpha value is -1.64. The highest BCUT2D eigenvalue weighted by molar-refractivity contribution is 9.10. The Morgan fingerprint density at radius 1 is 0.905 bits per heavy atom. The summed E-state index contributed by atoms with van der Waals surface area (Å²) >= 11 is 3.43. The predicted octanol–water partition coefficient (Wildman–Crippen LogP) is 5.05. The molecule has 21 heavy (non-hydrogen) atoms. The van der Waals surface area contributed by atoms with Gasteiger partial charge >= 0.3 is 0 Å². The average molecular weight is 341 g/mol. The normalized spacial score (nSPS) is 14.0. The fraction of sp³-hybridized carbons (Fsp3) is 0.158. The van der Waals surface area contributed by atoms with E-state index in [-0.39, 0.29) is 0 Å². The first-order valence-electron chi connectivity index (χ1n) is 7.01. The topological polar surface area (TPSA) is 20.2 Å². The third-order valence-electron chi connectivity index (χ3n) is 3.88. The monoisotopic (exact) mass is 340 g/mol. The van der Waals surface area contributed by atoms with Crippen LogP contribution in [0.15, 0.2) is 71.2 Å². The molecule has 1 nitrogen and oxygen atoms in total. The van der Waals surface area contributed by atoms with Gasteiger partial charge in [-0.2, -0.15) is 0 Å². The van der Waals surface area contributed by atoms with Gasteiger partial charge < -0.3 is 5.11 Å². The highest BCUT2D eigenvalue weighted by Crippen LogP contribution is 2.29. The smallest absolute Gasteiger partial charge is 0.0908 e. The molecule has 106 valence electrons. The van der Waals surface area contributed by atoms with Crippen LogP contribution < -0.4 is 0 Å². The van der Waals surface area contributed by atoms with Gasteiger partial charge in [-0.05, 0) is 41.0 Å². The van der Waals surface area contributed by atoms with Crippen LogP contribution in [-0.4, -0.2) is 5.11 Å². The molecule has 0 aliphatic rings. The zero-order valence-electron chi connectivity index (χ0n) is 11.9. The maximum atomic E-state index is 10.9. The number of hydrogen-bond acceptors (Lipinski definition) is 1. The van der Waals surface area contributed by atoms with Crippen molar-refractivity contribution in [2.24, 2.45) is 0 Å². The first-order valence-corrected chi connectivity index (χ1v) is 7.81. The number of fused-ring (bicyclic) bond motifs is 1. The molecule has 3 rings (SSSR count). The predicted molar refractivity (Wildman–Crippen MR) is 91.4 cm³/mol. The molecule has 0 heterocycles. The Balaban J connectivity index is 1.99. The zero-order valence-corrected chi connectivity index (χ0v) is 13.5. The second kappa shape index (κ2) is 5.63. The molecule has 0 spiro atoms. The Morgan fingerprint density at radius 3 is 2.33 bits per heavy atom. The van der Waals surface area contributed by atoms with Crippen molar-refractivity contribution in [3.63, 3.8) is 0 Å². The lowest BCUT2D eigenvalue weighted by Gasteiger charge is -2.25. The lowest BCUT2D eigenvalue weighted by atomic mass is 9.87. The van der Waals surface area contributed by atoms with Gasteiger partial charge in [0.05, 0.1) is 5.60 Å². The van der Waals surface area contributed by atoms with Gasteiger partial charge in [0, 0.05) is 10.9 Å². The molecule has 0 aliphatic carbocycles. The van der Waals surface area contributed by atoms with Crippen molar-refractivity contribution in [2.75, 3.05) is 0 Å². The molecule has 3 aromatic carbocycles. The molecule has 2 heteroatoms. The Kier molecular flexibility index (Phi) is 3.83. The molecule has 1 unspecified atom stereocenters. The fourth-order valence-corrected chi connectivity index (χ4v) is 2.99. The molecular weight excluding hydrogens is 324 g/mol. The molecule has 0 saturated heterocycles. The molecule has 0 amide bonds. The number of rotatable bonds is 3. The van der Waals surface area contributed by atoms with Crippen molar-refractivity contribution in [2.45, 2.75) is 18.9 Å². The van der Waals surface area contributed by atoms with Crippen LogP contribution in [0.2, 0.25) is 0 Å². The second-order valence-electron chi connectivity index (χ2n) is 5.60. The van der Waals surface area contributed by atoms with E-state index in [0.29, 0.717) is 6.42 Å². The molecule has 0 fully saturated rings. The maximum absolute atomic E-state index is 10.9. The van der Waals surface area contributed by atoms with Crippen molar-refractivity contribution >= 4 is 26.7 Å². The Labute approximate surface area is 133 Å². The molecule has 1 N–H and O–H groups in total. The van der Waals surface area contributed by atoms with E-state index in [1.165, 1.54) is 16.3 Å². The minimum atomic E-state index is -0.884. The zero-order chi connectivity index (χ0) is 14.9. The number of benzene rings is 3. The van der Waals surface area contributed by atoms with Crippen LogP contribution >= 0.6 is 15.9 Å². The third kappa shape index (κ3) is 3.02. The summed E-state index contributed by atoms with van der Waals surface area (Å²) < 4.78 is 1.02. The van der Waals surface area contributed by atoms with Gasteiger partial charge in [0.2, 0.25) is 0 Å². The molecule has 0 saturated carbocycles. The lowest BCUT2D eigenvalue weighted by Crippen LogP contribution is -2.24. The molecule has 0 bridgehead atoms. The van der Waals surface area contributed by atoms with Crippen LogP contribution in [0.4, 0.5) is 0 Å². The summed E-state index contributed by atoms with van der Waals surface area (Å²) in [5, 5.41) is 13.3. The van der Waals surface area contributed by atoms with Crippen molar-refractivity contribution in [3.8, 4) is 0 Å². The molecule has 1 atom stereocenters. The molecule has 3 aromatic rings. The summed E-state index contributed by atoms with van der Waals surface area (Å²) in [7, 11) is 0. The van der Waals surface area contributed by atoms with E-state index in [4.69, 9.17) is 0 Å². The summed E-state index contributed by atoms with van der Waals surface area (Å²) in [5.41, 5.74) is 1.21. The minimum absolute atomic E-state index is 0.593. The summed E-state index contributed by atoms with van der Waals surface area (Å²) in [6, 6.07) is 22.4. The Bertz CT molecular complexity index is 755. The first kappa shape index (κ1) is 14.3. The fourth-order valence-electron chi connectivity index (χ4n) is 2.73. The average Bonchev–Trinajstić information content (AvgIpc) is 2.48. The second-order valence-corrected chi connectivity index (χ2v) is 6.51. The van der Waals surface area contributed by atoms with E-state index in [1.54, 1.807) is 0 Å². The van der Waals surface area contributed by atoms with Gasteiger partial charge in [-0.25, -0.2) is 0 Å². The minimum Gasteiger partial charge on any atom is -0.385 e. The van der Waals surface area contributed by atoms with Crippen molar-refractivity contribution in [3.05, 3.63) is 82.3 Å². The van der Waals surface area contributed by atoms with Crippen molar-refractivity contribution in [1.82, 2.24) is 0 Å². The van der Waals surface area contributed by atoms with Gasteiger partial charge in [0.15, 0.2) is 0 Å². The number of halogens is 1. The van der Waals surface area contributed by atoms with E-state index in [1.807, 2.05) is 43.3 Å². The van der Waals surface area contributed by atoms with Crippen molar-refractivity contribution < 1.29 is 5.11 Å². The van der Waals surface area contributed by atoms with Crippen LogP contribution in [0.1, 0.15) is 18.1 Å². The van der Waals surface area contributed by atoms with Gasteiger partial charge in [-0.15, -0.1) is 0 Å². The van der Waals surface area contributed by atoms with Gasteiger partial charge in [0.1, 0.15) is 0 Å². The van der Waals surface area contributed by atoms with Gasteiger partial charge in [-0.3, -0.25) is 0 Å². The van der Waals surface area contributed by atoms with Crippen LogP contribution in [0.5, 0.6) is 0 Å². The highest BCUT2D eigenvalue weighted by atomic mass is 79.9. The van der Waals surface area contributed by atoms with Gasteiger partial charge in [0.25, 0.3) is 0 Å². The van der Waals surface area contributed by atoms with Crippen LogP contribution in [0, 0.1) is 0 Å². The number of aliphatic hydroxyl groups is 1. The van der Waals surface area contributed by atoms with Crippen LogP contribution in [0.25, 0.3) is 10.8 Å². The molecule has 0 radical (unpaired) electrons. The van der Waals surface area contributed by atoms with E-state index in [0.717, 1.165) is 10.0 Å². The molecule has 0 aliphatic heterocycles. The third-order valence-corrected chi connectivity index (χ3v) is 4.41. The van der Waals surface area contributed by atoms with E-state index < -0.39 is 5.60 Å². The van der Waals surface area contributed by atoms with E-state index in [2.05, 4.69) is 46.3 Å². The standard InChI is InChI=1S/C19H17BrO/c1-19(21,16-9-11-17(20)12-10-16)13-15-7-4-6-14-5-2-3-8-18(14)15/h2-12,21H,13H2,1H3. The number of hydrogen-bond donors (Lipinski definition) is 1. The highest BCUT2D eigenvalue weighted by Gasteiger charge is 2.24. The SMILES string of the molecule is CC(O)(Cc1cccc2ccccc12)c1ccc(Br)cc1. The van der Waals surface area contributed by atoms with E-state index >= 15 is 0 Å². The summed E-state index contributed by atoms with van der Waals surface area (Å²) in [5.74, 6) is 0. The molecular formula is C19H17BrO. The maximum Gasteiger partial charge on any atom is 0.0908 e. The largest absolute Gasteiger partial charge is 0.385 e. The van der Waals surface area contributed by atoms with Crippen LogP contribution in [0.3, 0.4) is 0 Å².